The van der Waals surface area contributed by atoms with E-state index in [0.717, 1.165) is 0 Å². The second-order valence-corrected chi connectivity index (χ2v) is 6.05. The summed E-state index contributed by atoms with van der Waals surface area (Å²) in [5.74, 6) is -2.31. The zero-order valence-electron chi connectivity index (χ0n) is 9.64. The minimum absolute atomic E-state index is 0.394. The first-order valence-corrected chi connectivity index (χ1v) is 7.60. The Morgan fingerprint density at radius 2 is 1.86 bits per heavy atom. The topological polar surface area (TPSA) is 174 Å². The summed E-state index contributed by atoms with van der Waals surface area (Å²) in [4.78, 5) is 36.9. The smallest absolute Gasteiger partial charge is 0.451 e. The molecule has 0 radical (unpaired) electrons. The van der Waals surface area contributed by atoms with Crippen molar-refractivity contribution in [1.82, 2.24) is 9.97 Å². The van der Waals surface area contributed by atoms with Crippen molar-refractivity contribution in [2.45, 2.75) is 12.8 Å². The normalized spacial score (nSPS) is 15.7. The molecule has 1 aromatic rings. The van der Waals surface area contributed by atoms with Gasteiger partial charge in [0.1, 0.15) is 5.82 Å². The Hall–Kier alpha value is -1.07. The van der Waals surface area contributed by atoms with Crippen molar-refractivity contribution in [3.8, 4) is 0 Å². The van der Waals surface area contributed by atoms with Crippen LogP contribution in [0.1, 0.15) is 11.4 Å². The molecule has 0 aliphatic heterocycles. The van der Waals surface area contributed by atoms with Gasteiger partial charge in [0.15, 0.2) is 0 Å². The number of nitrogen functional groups attached to an aromatic ring is 1. The van der Waals surface area contributed by atoms with Gasteiger partial charge in [-0.1, -0.05) is 0 Å². The highest BCUT2D eigenvalue weighted by atomic mass is 31.3. The van der Waals surface area contributed by atoms with Gasteiger partial charge in [-0.15, -0.1) is 0 Å². The van der Waals surface area contributed by atoms with Crippen molar-refractivity contribution < 1.29 is 45.8 Å². The monoisotopic (exact) mass is 350 g/mol. The van der Waals surface area contributed by atoms with E-state index in [1.165, 1.54) is 0 Å². The average molecular weight is 350 g/mol. The van der Waals surface area contributed by atoms with Crippen LogP contribution in [0, 0.1) is 0 Å². The number of hydrogen-bond donors (Lipinski definition) is 1. The van der Waals surface area contributed by atoms with Gasteiger partial charge < -0.3 is 29.5 Å². The molecule has 2 N–H and O–H groups in total. The molecule has 0 saturated heterocycles. The maximum atomic E-state index is 12.2. The first-order valence-electron chi connectivity index (χ1n) is 4.68. The van der Waals surface area contributed by atoms with E-state index >= 15 is 0 Å². The molecule has 0 amide bonds. The van der Waals surface area contributed by atoms with Gasteiger partial charge in [0, 0.05) is 11.8 Å². The van der Waals surface area contributed by atoms with E-state index in [0.29, 0.717) is 6.20 Å². The van der Waals surface area contributed by atoms with E-state index in [2.05, 4.69) is 18.8 Å². The summed E-state index contributed by atoms with van der Waals surface area (Å²) < 4.78 is 64.8. The van der Waals surface area contributed by atoms with Crippen molar-refractivity contribution in [2.75, 3.05) is 5.73 Å². The molecule has 21 heavy (non-hydrogen) atoms. The van der Waals surface area contributed by atoms with Gasteiger partial charge in [0.05, 0.1) is 14.4 Å². The molecule has 0 aromatic carbocycles. The Kier molecular flexibility index (Phi) is 5.11. The second-order valence-electron chi connectivity index (χ2n) is 3.35. The van der Waals surface area contributed by atoms with Crippen molar-refractivity contribution in [3.05, 3.63) is 17.6 Å². The summed E-state index contributed by atoms with van der Waals surface area (Å²) in [6, 6.07) is 0. The van der Waals surface area contributed by atoms with Crippen LogP contribution in [0.3, 0.4) is 0 Å². The maximum Gasteiger partial charge on any atom is 0.451 e. The van der Waals surface area contributed by atoms with Crippen LogP contribution in [0.5, 0.6) is 0 Å². The quantitative estimate of drug-likeness (QED) is 0.642. The number of phosphoric acid groups is 2. The Morgan fingerprint density at radius 1 is 1.29 bits per heavy atom. The molecule has 1 unspecified atom stereocenters. The summed E-state index contributed by atoms with van der Waals surface area (Å²) in [5, 5.41) is 0. The number of aromatic nitrogens is 2. The highest BCUT2D eigenvalue weighted by Crippen LogP contribution is 2.50. The molecule has 0 saturated carbocycles. The lowest BCUT2D eigenvalue weighted by Crippen LogP contribution is -2.19. The number of anilines is 1. The molecule has 10 nitrogen and oxygen atoms in total. The van der Waals surface area contributed by atoms with E-state index in [4.69, 9.17) is 5.73 Å². The van der Waals surface area contributed by atoms with Crippen LogP contribution >= 0.6 is 15.6 Å². The lowest BCUT2D eigenvalue weighted by molar-refractivity contribution is -0.339. The molecule has 1 rings (SSSR count). The fraction of sp³-hybridized carbons (Fsp3) is 0.333. The summed E-state index contributed by atoms with van der Waals surface area (Å²) in [7, 11) is -11.4. The van der Waals surface area contributed by atoms with Crippen LogP contribution < -0.4 is 20.4 Å². The summed E-state index contributed by atoms with van der Waals surface area (Å²) in [6.45, 7) is -1.02. The average Bonchev–Trinajstić information content (AvgIpc) is 2.22. The molecule has 0 bridgehead atoms. The van der Waals surface area contributed by atoms with E-state index in [-0.39, 0.29) is 0 Å². The largest absolute Gasteiger partial charge is 0.790 e. The molecular weight excluding hydrogens is 345 g/mol. The number of rotatable bonds is 5. The third kappa shape index (κ3) is 6.06. The minimum Gasteiger partial charge on any atom is -0.790 e. The van der Waals surface area contributed by atoms with Crippen LogP contribution in [-0.4, -0.2) is 9.97 Å². The van der Waals surface area contributed by atoms with Crippen molar-refractivity contribution >= 4 is 21.5 Å². The van der Waals surface area contributed by atoms with Crippen LogP contribution in [0.25, 0.3) is 0 Å². The Labute approximate surface area is 114 Å². The molecule has 120 valence electrons. The second kappa shape index (κ2) is 5.97. The van der Waals surface area contributed by atoms with Gasteiger partial charge in [-0.05, 0) is 0 Å². The number of phosphoric ester groups is 1. The Balaban J connectivity index is 2.82. The number of nitrogens with two attached hydrogens (primary N) is 1. The number of hydrogen-bond acceptors (Lipinski definition) is 10. The molecule has 1 aromatic heterocycles. The zero-order valence-corrected chi connectivity index (χ0v) is 11.4. The summed E-state index contributed by atoms with van der Waals surface area (Å²) in [5.41, 5.74) is 4.74. The Morgan fingerprint density at radius 3 is 2.29 bits per heavy atom. The zero-order chi connectivity index (χ0) is 16.5. The van der Waals surface area contributed by atoms with E-state index in [1.54, 1.807) is 0 Å². The SMILES string of the molecule is Nc1nc(C(F)(F)F)ncc1COP(=O)([O-])OP(=O)([O-])[O-]. The number of alkyl halides is 3. The van der Waals surface area contributed by atoms with Gasteiger partial charge in [-0.3, -0.25) is 8.88 Å². The first-order chi connectivity index (χ1) is 9.30. The van der Waals surface area contributed by atoms with Gasteiger partial charge >= 0.3 is 6.18 Å². The van der Waals surface area contributed by atoms with E-state index in [9.17, 15) is 37.0 Å². The predicted octanol–water partition coefficient (Wildman–Crippen LogP) is -1.09. The summed E-state index contributed by atoms with van der Waals surface area (Å²) >= 11 is 0. The minimum atomic E-state index is -5.86. The first kappa shape index (κ1) is 18.0. The lowest BCUT2D eigenvalue weighted by Gasteiger charge is -2.35. The Bertz CT molecular complexity index is 618. The maximum absolute atomic E-state index is 12.2. The van der Waals surface area contributed by atoms with Gasteiger partial charge in [-0.2, -0.15) is 13.2 Å². The standard InChI is InChI=1S/C6H8F3N3O7P2/c7-6(8,9)5-11-1-3(4(10)12-5)2-18-21(16,17)19-20(13,14)15/h1H,2H2,(H,16,17)(H2,10,11,12)(H2,13,14,15)/p-3. The molecule has 1 atom stereocenters. The molecule has 15 heteroatoms. The predicted molar refractivity (Wildman–Crippen MR) is 52.5 cm³/mol. The van der Waals surface area contributed by atoms with Crippen molar-refractivity contribution in [1.29, 1.82) is 0 Å². The third-order valence-electron chi connectivity index (χ3n) is 1.73. The highest BCUT2D eigenvalue weighted by molar-refractivity contribution is 7.58. The van der Waals surface area contributed by atoms with Crippen molar-refractivity contribution in [2.24, 2.45) is 0 Å². The molecule has 1 heterocycles. The van der Waals surface area contributed by atoms with Crippen LogP contribution in [-0.2, 0) is 30.7 Å². The number of halogens is 3. The molecule has 0 aliphatic carbocycles. The lowest BCUT2D eigenvalue weighted by atomic mass is 10.3. The van der Waals surface area contributed by atoms with Crippen LogP contribution in [0.2, 0.25) is 0 Å². The fourth-order valence-electron chi connectivity index (χ4n) is 0.962. The van der Waals surface area contributed by atoms with Crippen LogP contribution in [0.4, 0.5) is 19.0 Å². The molecule has 0 aliphatic rings. The van der Waals surface area contributed by atoms with Gasteiger partial charge in [-0.25, -0.2) is 9.97 Å². The molecule has 0 fully saturated rings. The number of nitrogens with zero attached hydrogens (tertiary/aromatic N) is 2. The highest BCUT2D eigenvalue weighted by Gasteiger charge is 2.35. The van der Waals surface area contributed by atoms with Gasteiger partial charge in [0.25, 0.3) is 7.82 Å². The summed E-state index contributed by atoms with van der Waals surface area (Å²) in [6.07, 6.45) is -4.33. The van der Waals surface area contributed by atoms with E-state index in [1.807, 2.05) is 0 Å². The van der Waals surface area contributed by atoms with Gasteiger partial charge in [0.2, 0.25) is 5.82 Å². The van der Waals surface area contributed by atoms with E-state index < -0.39 is 45.6 Å². The van der Waals surface area contributed by atoms with Crippen molar-refractivity contribution in [3.63, 3.8) is 0 Å². The molecular formula is C6H5F3N3O7P2-3. The third-order valence-corrected chi connectivity index (χ3v) is 3.78. The fourth-order valence-corrected chi connectivity index (χ4v) is 2.43. The molecule has 0 spiro atoms. The van der Waals surface area contributed by atoms with Crippen LogP contribution in [0.15, 0.2) is 6.20 Å².